The molecule has 5 nitrogen and oxygen atoms in total. The standard InChI is InChI=1S/C15H15ClN2O3/c1-10-8-12(5-6-13(10)16)21-9-15(19)18-17-11(2)14-4-3-7-20-14/h3-8H,9H2,1-2H3,(H,18,19)/b17-11+. The van der Waals surface area contributed by atoms with Crippen LogP contribution in [0.2, 0.25) is 5.02 Å². The van der Waals surface area contributed by atoms with Crippen LogP contribution in [0, 0.1) is 6.92 Å². The Kier molecular flexibility index (Phi) is 5.00. The number of hydrogen-bond acceptors (Lipinski definition) is 4. The van der Waals surface area contributed by atoms with Crippen LogP contribution in [0.1, 0.15) is 18.2 Å². The number of halogens is 1. The number of benzene rings is 1. The summed E-state index contributed by atoms with van der Waals surface area (Å²) < 4.78 is 10.5. The number of hydrogen-bond donors (Lipinski definition) is 1. The van der Waals surface area contributed by atoms with Crippen molar-refractivity contribution in [1.29, 1.82) is 0 Å². The van der Waals surface area contributed by atoms with Gasteiger partial charge in [0.15, 0.2) is 6.61 Å². The fourth-order valence-corrected chi connectivity index (χ4v) is 1.69. The Bertz CT molecular complexity index is 651. The molecular weight excluding hydrogens is 292 g/mol. The number of hydrazone groups is 1. The van der Waals surface area contributed by atoms with E-state index in [1.807, 2.05) is 6.92 Å². The largest absolute Gasteiger partial charge is 0.484 e. The maximum absolute atomic E-state index is 11.6. The van der Waals surface area contributed by atoms with Crippen LogP contribution in [-0.4, -0.2) is 18.2 Å². The first-order valence-electron chi connectivity index (χ1n) is 6.32. The predicted molar refractivity (Wildman–Crippen MR) is 80.7 cm³/mol. The van der Waals surface area contributed by atoms with Crippen LogP contribution in [0.25, 0.3) is 0 Å². The topological polar surface area (TPSA) is 63.8 Å². The molecule has 1 aromatic carbocycles. The fraction of sp³-hybridized carbons (Fsp3) is 0.200. The molecule has 110 valence electrons. The first-order chi connectivity index (χ1) is 10.1. The molecule has 1 amide bonds. The Morgan fingerprint density at radius 1 is 1.43 bits per heavy atom. The van der Waals surface area contributed by atoms with Crippen molar-refractivity contribution in [2.45, 2.75) is 13.8 Å². The van der Waals surface area contributed by atoms with Crippen LogP contribution >= 0.6 is 11.6 Å². The highest BCUT2D eigenvalue weighted by atomic mass is 35.5. The number of carbonyl (C=O) groups excluding carboxylic acids is 1. The van der Waals surface area contributed by atoms with Gasteiger partial charge in [0.1, 0.15) is 17.2 Å². The van der Waals surface area contributed by atoms with Gasteiger partial charge in [0, 0.05) is 5.02 Å². The lowest BCUT2D eigenvalue weighted by atomic mass is 10.2. The first kappa shape index (κ1) is 15.1. The molecule has 0 aliphatic rings. The molecule has 0 aliphatic heterocycles. The maximum atomic E-state index is 11.6. The van der Waals surface area contributed by atoms with Crippen LogP contribution in [0.5, 0.6) is 5.75 Å². The van der Waals surface area contributed by atoms with Crippen molar-refractivity contribution in [3.05, 3.63) is 52.9 Å². The summed E-state index contributed by atoms with van der Waals surface area (Å²) in [6, 6.07) is 8.72. The number of carbonyl (C=O) groups is 1. The minimum absolute atomic E-state index is 0.129. The second-order valence-corrected chi connectivity index (χ2v) is 4.82. The highest BCUT2D eigenvalue weighted by Gasteiger charge is 2.05. The summed E-state index contributed by atoms with van der Waals surface area (Å²) in [5, 5.41) is 4.59. The molecule has 0 aliphatic carbocycles. The lowest BCUT2D eigenvalue weighted by molar-refractivity contribution is -0.123. The summed E-state index contributed by atoms with van der Waals surface area (Å²) in [5.74, 6) is 0.830. The monoisotopic (exact) mass is 306 g/mol. The summed E-state index contributed by atoms with van der Waals surface area (Å²) in [5.41, 5.74) is 3.87. The fourth-order valence-electron chi connectivity index (χ4n) is 1.57. The Morgan fingerprint density at radius 2 is 2.24 bits per heavy atom. The van der Waals surface area contributed by atoms with Gasteiger partial charge in [-0.05, 0) is 49.7 Å². The lowest BCUT2D eigenvalue weighted by Crippen LogP contribution is -2.25. The van der Waals surface area contributed by atoms with Crippen LogP contribution in [0.4, 0.5) is 0 Å². The van der Waals surface area contributed by atoms with Gasteiger partial charge in [-0.1, -0.05) is 11.6 Å². The van der Waals surface area contributed by atoms with Gasteiger partial charge in [0.25, 0.3) is 5.91 Å². The average molecular weight is 307 g/mol. The summed E-state index contributed by atoms with van der Waals surface area (Å²) >= 11 is 5.92. The zero-order chi connectivity index (χ0) is 15.2. The SMILES string of the molecule is C/C(=N\NC(=O)COc1ccc(Cl)c(C)c1)c1ccco1. The predicted octanol–water partition coefficient (Wildman–Crippen LogP) is 3.16. The van der Waals surface area contributed by atoms with E-state index in [9.17, 15) is 4.79 Å². The number of nitrogens with zero attached hydrogens (tertiary/aromatic N) is 1. The van der Waals surface area contributed by atoms with Crippen molar-refractivity contribution in [1.82, 2.24) is 5.43 Å². The molecule has 6 heteroatoms. The van der Waals surface area contributed by atoms with Crippen molar-refractivity contribution < 1.29 is 13.9 Å². The van der Waals surface area contributed by atoms with Crippen molar-refractivity contribution in [3.8, 4) is 5.75 Å². The first-order valence-corrected chi connectivity index (χ1v) is 6.70. The summed E-state index contributed by atoms with van der Waals surface area (Å²) in [6.07, 6.45) is 1.54. The molecule has 1 heterocycles. The molecule has 1 N–H and O–H groups in total. The van der Waals surface area contributed by atoms with Crippen LogP contribution in [0.3, 0.4) is 0 Å². The Morgan fingerprint density at radius 3 is 2.90 bits per heavy atom. The number of nitrogens with one attached hydrogen (secondary N) is 1. The number of ether oxygens (including phenoxy) is 1. The van der Waals surface area contributed by atoms with E-state index < -0.39 is 0 Å². The van der Waals surface area contributed by atoms with Crippen LogP contribution in [0.15, 0.2) is 46.1 Å². The average Bonchev–Trinajstić information content (AvgIpc) is 3.00. The molecule has 0 atom stereocenters. The van der Waals surface area contributed by atoms with Gasteiger partial charge in [-0.15, -0.1) is 0 Å². The van der Waals surface area contributed by atoms with Crippen LogP contribution < -0.4 is 10.2 Å². The van der Waals surface area contributed by atoms with E-state index in [-0.39, 0.29) is 12.5 Å². The molecule has 0 bridgehead atoms. The van der Waals surface area contributed by atoms with Crippen molar-refractivity contribution in [2.75, 3.05) is 6.61 Å². The Labute approximate surface area is 127 Å². The number of furan rings is 1. The summed E-state index contributed by atoms with van der Waals surface area (Å²) in [6.45, 7) is 3.48. The molecule has 0 fully saturated rings. The minimum atomic E-state index is -0.353. The second-order valence-electron chi connectivity index (χ2n) is 4.41. The lowest BCUT2D eigenvalue weighted by Gasteiger charge is -2.07. The van der Waals surface area contributed by atoms with E-state index in [0.29, 0.717) is 22.2 Å². The van der Waals surface area contributed by atoms with Gasteiger partial charge in [-0.3, -0.25) is 4.79 Å². The van der Waals surface area contributed by atoms with Crippen molar-refractivity contribution in [2.24, 2.45) is 5.10 Å². The molecule has 0 spiro atoms. The third kappa shape index (κ3) is 4.36. The quantitative estimate of drug-likeness (QED) is 0.681. The van der Waals surface area contributed by atoms with E-state index in [0.717, 1.165) is 5.56 Å². The second kappa shape index (κ2) is 6.95. The number of aryl methyl sites for hydroxylation is 1. The van der Waals surface area contributed by atoms with E-state index in [2.05, 4.69) is 10.5 Å². The Hall–Kier alpha value is -2.27. The molecule has 0 unspecified atom stereocenters. The molecule has 21 heavy (non-hydrogen) atoms. The molecule has 0 radical (unpaired) electrons. The third-order valence-electron chi connectivity index (χ3n) is 2.73. The molecule has 1 aromatic heterocycles. The van der Waals surface area contributed by atoms with Crippen molar-refractivity contribution in [3.63, 3.8) is 0 Å². The van der Waals surface area contributed by atoms with Gasteiger partial charge in [0.05, 0.1) is 6.26 Å². The minimum Gasteiger partial charge on any atom is -0.484 e. The summed E-state index contributed by atoms with van der Waals surface area (Å²) in [4.78, 5) is 11.6. The number of rotatable bonds is 5. The van der Waals surface area contributed by atoms with E-state index in [4.69, 9.17) is 20.8 Å². The van der Waals surface area contributed by atoms with E-state index >= 15 is 0 Å². The molecule has 0 saturated carbocycles. The molecule has 2 rings (SSSR count). The van der Waals surface area contributed by atoms with Gasteiger partial charge in [0.2, 0.25) is 0 Å². The molecule has 0 saturated heterocycles. The molecular formula is C15H15ClN2O3. The Balaban J connectivity index is 1.85. The van der Waals surface area contributed by atoms with Gasteiger partial charge >= 0.3 is 0 Å². The van der Waals surface area contributed by atoms with E-state index in [1.54, 1.807) is 43.5 Å². The zero-order valence-electron chi connectivity index (χ0n) is 11.7. The third-order valence-corrected chi connectivity index (χ3v) is 3.15. The smallest absolute Gasteiger partial charge is 0.277 e. The molecule has 2 aromatic rings. The van der Waals surface area contributed by atoms with Gasteiger partial charge < -0.3 is 9.15 Å². The van der Waals surface area contributed by atoms with Crippen molar-refractivity contribution >= 4 is 23.2 Å². The van der Waals surface area contributed by atoms with Gasteiger partial charge in [-0.2, -0.15) is 5.10 Å². The van der Waals surface area contributed by atoms with Gasteiger partial charge in [-0.25, -0.2) is 5.43 Å². The normalized spacial score (nSPS) is 11.3. The highest BCUT2D eigenvalue weighted by Crippen LogP contribution is 2.20. The highest BCUT2D eigenvalue weighted by molar-refractivity contribution is 6.31. The number of amides is 1. The maximum Gasteiger partial charge on any atom is 0.277 e. The van der Waals surface area contributed by atoms with E-state index in [1.165, 1.54) is 0 Å². The zero-order valence-corrected chi connectivity index (χ0v) is 12.5. The summed E-state index contributed by atoms with van der Waals surface area (Å²) in [7, 11) is 0. The van der Waals surface area contributed by atoms with Crippen LogP contribution in [-0.2, 0) is 4.79 Å².